The van der Waals surface area contributed by atoms with E-state index < -0.39 is 49.8 Å². The van der Waals surface area contributed by atoms with E-state index in [1.807, 2.05) is 0 Å². The zero-order valence-electron chi connectivity index (χ0n) is 15.2. The second-order valence-electron chi connectivity index (χ2n) is 6.31. The number of alkyl halides is 3. The van der Waals surface area contributed by atoms with Crippen LogP contribution in [-0.2, 0) is 20.9 Å². The summed E-state index contributed by atoms with van der Waals surface area (Å²) in [7, 11) is -4.22. The van der Waals surface area contributed by atoms with Gasteiger partial charge in [0.2, 0.25) is 10.0 Å². The van der Waals surface area contributed by atoms with Gasteiger partial charge in [-0.25, -0.2) is 17.2 Å². The molecule has 0 aromatic heterocycles. The number of halogens is 5. The van der Waals surface area contributed by atoms with Crippen molar-refractivity contribution in [2.75, 3.05) is 31.6 Å². The van der Waals surface area contributed by atoms with E-state index in [1.165, 1.54) is 0 Å². The van der Waals surface area contributed by atoms with Gasteiger partial charge in [-0.05, 0) is 36.4 Å². The summed E-state index contributed by atoms with van der Waals surface area (Å²) in [5.74, 6) is -3.65. The van der Waals surface area contributed by atoms with Gasteiger partial charge < -0.3 is 10.1 Å². The van der Waals surface area contributed by atoms with E-state index in [4.69, 9.17) is 4.74 Å². The van der Waals surface area contributed by atoms with Crippen molar-refractivity contribution in [2.24, 2.45) is 0 Å². The van der Waals surface area contributed by atoms with Gasteiger partial charge in [-0.15, -0.1) is 0 Å². The average Bonchev–Trinajstić information content (AvgIpc) is 2.69. The highest BCUT2D eigenvalue weighted by atomic mass is 32.2. The molecule has 1 N–H and O–H groups in total. The number of hydrogen-bond donors (Lipinski definition) is 1. The summed E-state index contributed by atoms with van der Waals surface area (Å²) in [6.45, 7) is 0.328. The van der Waals surface area contributed by atoms with Crippen LogP contribution in [-0.4, -0.2) is 44.9 Å². The summed E-state index contributed by atoms with van der Waals surface area (Å²) in [5.41, 5.74) is -2.29. The van der Waals surface area contributed by atoms with Crippen molar-refractivity contribution in [2.45, 2.75) is 11.1 Å². The molecule has 0 aliphatic carbocycles. The highest BCUT2D eigenvalue weighted by molar-refractivity contribution is 7.89. The lowest BCUT2D eigenvalue weighted by atomic mass is 10.1. The van der Waals surface area contributed by atoms with Gasteiger partial charge in [0.1, 0.15) is 16.5 Å². The maximum absolute atomic E-state index is 14.2. The van der Waals surface area contributed by atoms with Crippen LogP contribution in [0.25, 0.3) is 0 Å². The molecule has 1 saturated heterocycles. The van der Waals surface area contributed by atoms with Gasteiger partial charge in [0.15, 0.2) is 0 Å². The third-order valence-corrected chi connectivity index (χ3v) is 6.22. The number of hydrogen-bond acceptors (Lipinski definition) is 4. The second-order valence-corrected chi connectivity index (χ2v) is 8.21. The van der Waals surface area contributed by atoms with E-state index in [2.05, 4.69) is 5.32 Å². The molecule has 0 bridgehead atoms. The maximum atomic E-state index is 14.2. The number of ether oxygens (including phenoxy) is 1. The van der Waals surface area contributed by atoms with E-state index in [9.17, 15) is 35.2 Å². The molecule has 1 heterocycles. The zero-order chi connectivity index (χ0) is 22.1. The summed E-state index contributed by atoms with van der Waals surface area (Å²) in [5, 5.41) is 2.20. The van der Waals surface area contributed by atoms with Crippen molar-refractivity contribution >= 4 is 21.6 Å². The molecule has 1 aliphatic rings. The number of anilines is 1. The van der Waals surface area contributed by atoms with Crippen molar-refractivity contribution in [3.05, 3.63) is 59.2 Å². The molecule has 30 heavy (non-hydrogen) atoms. The first-order valence-electron chi connectivity index (χ1n) is 8.55. The number of nitrogens with zero attached hydrogens (tertiary/aromatic N) is 1. The molecule has 3 rings (SSSR count). The van der Waals surface area contributed by atoms with E-state index in [-0.39, 0.29) is 32.0 Å². The third kappa shape index (κ3) is 4.60. The number of rotatable bonds is 4. The quantitative estimate of drug-likeness (QED) is 0.726. The summed E-state index contributed by atoms with van der Waals surface area (Å²) >= 11 is 0. The molecular formula is C18H15F5N2O4S. The Morgan fingerprint density at radius 1 is 1.00 bits per heavy atom. The van der Waals surface area contributed by atoms with Crippen molar-refractivity contribution < 1.29 is 39.9 Å². The molecule has 0 radical (unpaired) electrons. The predicted octanol–water partition coefficient (Wildman–Crippen LogP) is 3.26. The Hall–Kier alpha value is -2.57. The summed E-state index contributed by atoms with van der Waals surface area (Å²) in [6.07, 6.45) is -5.00. The maximum Gasteiger partial charge on any atom is 0.419 e. The number of sulfonamides is 1. The zero-order valence-corrected chi connectivity index (χ0v) is 16.0. The van der Waals surface area contributed by atoms with Crippen molar-refractivity contribution in [3.63, 3.8) is 0 Å². The average molecular weight is 450 g/mol. The lowest BCUT2D eigenvalue weighted by Gasteiger charge is -2.26. The largest absolute Gasteiger partial charge is 0.419 e. The van der Waals surface area contributed by atoms with E-state index in [0.29, 0.717) is 12.1 Å². The minimum Gasteiger partial charge on any atom is -0.379 e. The standard InChI is InChI=1S/C18H15F5N2O4S/c19-14-3-1-11(9-13(14)18(21,22)23)17(26)24-12-2-4-15(20)16(10-12)30(27,28)25-5-7-29-8-6-25/h1-4,9-10H,5-8H2,(H,24,26). The van der Waals surface area contributed by atoms with E-state index >= 15 is 0 Å². The fourth-order valence-corrected chi connectivity index (χ4v) is 4.29. The summed E-state index contributed by atoms with van der Waals surface area (Å²) in [6, 6.07) is 4.41. The summed E-state index contributed by atoms with van der Waals surface area (Å²) in [4.78, 5) is 11.6. The number of carbonyl (C=O) groups is 1. The molecule has 162 valence electrons. The highest BCUT2D eigenvalue weighted by Crippen LogP contribution is 2.32. The van der Waals surface area contributed by atoms with Gasteiger partial charge in [-0.3, -0.25) is 4.79 Å². The molecular weight excluding hydrogens is 435 g/mol. The van der Waals surface area contributed by atoms with E-state index in [1.54, 1.807) is 0 Å². The normalized spacial score (nSPS) is 15.8. The molecule has 0 atom stereocenters. The lowest BCUT2D eigenvalue weighted by Crippen LogP contribution is -2.40. The number of amides is 1. The smallest absolute Gasteiger partial charge is 0.379 e. The first kappa shape index (κ1) is 22.1. The van der Waals surface area contributed by atoms with Crippen LogP contribution in [0.15, 0.2) is 41.3 Å². The van der Waals surface area contributed by atoms with Crippen molar-refractivity contribution in [3.8, 4) is 0 Å². The molecule has 2 aromatic carbocycles. The van der Waals surface area contributed by atoms with Crippen LogP contribution in [0.4, 0.5) is 27.6 Å². The van der Waals surface area contributed by atoms with Gasteiger partial charge in [0, 0.05) is 24.3 Å². The molecule has 0 saturated carbocycles. The topological polar surface area (TPSA) is 75.7 Å². The van der Waals surface area contributed by atoms with Crippen LogP contribution in [0.2, 0.25) is 0 Å². The molecule has 1 fully saturated rings. The number of nitrogens with one attached hydrogen (secondary N) is 1. The molecule has 12 heteroatoms. The van der Waals surface area contributed by atoms with Crippen LogP contribution in [0.3, 0.4) is 0 Å². The van der Waals surface area contributed by atoms with Gasteiger partial charge >= 0.3 is 6.18 Å². The lowest BCUT2D eigenvalue weighted by molar-refractivity contribution is -0.140. The monoisotopic (exact) mass is 450 g/mol. The summed E-state index contributed by atoms with van der Waals surface area (Å²) < 4.78 is 97.5. The highest BCUT2D eigenvalue weighted by Gasteiger charge is 2.35. The molecule has 0 unspecified atom stereocenters. The van der Waals surface area contributed by atoms with Gasteiger partial charge in [0.25, 0.3) is 5.91 Å². The van der Waals surface area contributed by atoms with Crippen LogP contribution in [0, 0.1) is 11.6 Å². The van der Waals surface area contributed by atoms with Crippen molar-refractivity contribution in [1.82, 2.24) is 4.31 Å². The minimum absolute atomic E-state index is 0.0220. The van der Waals surface area contributed by atoms with Crippen LogP contribution < -0.4 is 5.32 Å². The first-order chi connectivity index (χ1) is 14.0. The Morgan fingerprint density at radius 3 is 2.27 bits per heavy atom. The third-order valence-electron chi connectivity index (χ3n) is 4.31. The van der Waals surface area contributed by atoms with Gasteiger partial charge in [-0.2, -0.15) is 17.5 Å². The van der Waals surface area contributed by atoms with Gasteiger partial charge in [0.05, 0.1) is 18.8 Å². The molecule has 2 aromatic rings. The van der Waals surface area contributed by atoms with Crippen molar-refractivity contribution in [1.29, 1.82) is 0 Å². The Labute approximate surface area is 168 Å². The fourth-order valence-electron chi connectivity index (χ4n) is 2.79. The van der Waals surface area contributed by atoms with Crippen LogP contribution in [0.5, 0.6) is 0 Å². The fraction of sp³-hybridized carbons (Fsp3) is 0.278. The Morgan fingerprint density at radius 2 is 1.63 bits per heavy atom. The SMILES string of the molecule is O=C(Nc1ccc(F)c(S(=O)(=O)N2CCOCC2)c1)c1ccc(F)c(C(F)(F)F)c1. The Kier molecular flexibility index (Phi) is 6.11. The second kappa shape index (κ2) is 8.28. The Balaban J connectivity index is 1.88. The Bertz CT molecular complexity index is 1070. The van der Waals surface area contributed by atoms with Crippen LogP contribution >= 0.6 is 0 Å². The number of benzene rings is 2. The minimum atomic E-state index is -5.00. The first-order valence-corrected chi connectivity index (χ1v) is 10.00. The van der Waals surface area contributed by atoms with Gasteiger partial charge in [-0.1, -0.05) is 0 Å². The molecule has 0 spiro atoms. The van der Waals surface area contributed by atoms with E-state index in [0.717, 1.165) is 28.6 Å². The number of carbonyl (C=O) groups excluding carboxylic acids is 1. The molecule has 1 amide bonds. The van der Waals surface area contributed by atoms with Crippen LogP contribution in [0.1, 0.15) is 15.9 Å². The molecule has 6 nitrogen and oxygen atoms in total. The number of morpholine rings is 1. The predicted molar refractivity (Wildman–Crippen MR) is 95.3 cm³/mol. The molecule has 1 aliphatic heterocycles.